The Balaban J connectivity index is 1.64. The van der Waals surface area contributed by atoms with E-state index >= 15 is 0 Å². The minimum Gasteiger partial charge on any atom is -0.494 e. The highest BCUT2D eigenvalue weighted by molar-refractivity contribution is 5.40. The van der Waals surface area contributed by atoms with Crippen molar-refractivity contribution < 1.29 is 4.74 Å². The van der Waals surface area contributed by atoms with Crippen LogP contribution >= 0.6 is 0 Å². The molecule has 1 nitrogen and oxygen atoms in total. The molecular weight excluding hydrogens is 352 g/mol. The molecule has 156 valence electrons. The molecule has 1 aromatic rings. The van der Waals surface area contributed by atoms with Crippen LogP contribution in [0, 0.1) is 35.5 Å². The summed E-state index contributed by atoms with van der Waals surface area (Å²) in [5.74, 6) is 15.3. The fraction of sp³-hybridized carbons (Fsp3) is 0.571. The largest absolute Gasteiger partial charge is 0.494 e. The van der Waals surface area contributed by atoms with Crippen LogP contribution in [0.4, 0.5) is 0 Å². The van der Waals surface area contributed by atoms with E-state index in [-0.39, 0.29) is 0 Å². The smallest absolute Gasteiger partial charge is 0.119 e. The van der Waals surface area contributed by atoms with Crippen LogP contribution in [0.1, 0.15) is 90.0 Å². The first-order valence-electron chi connectivity index (χ1n) is 11.7. The highest BCUT2D eigenvalue weighted by atomic mass is 16.5. The summed E-state index contributed by atoms with van der Waals surface area (Å²) in [6, 6.07) is 7.95. The Labute approximate surface area is 179 Å². The molecule has 0 aliphatic heterocycles. The zero-order valence-corrected chi connectivity index (χ0v) is 18.5. The van der Waals surface area contributed by atoms with Crippen molar-refractivity contribution in [2.24, 2.45) is 11.8 Å². The molecule has 0 heterocycles. The van der Waals surface area contributed by atoms with E-state index in [4.69, 9.17) is 4.74 Å². The lowest BCUT2D eigenvalue weighted by Crippen LogP contribution is -2.13. The van der Waals surface area contributed by atoms with Gasteiger partial charge in [-0.1, -0.05) is 76.1 Å². The van der Waals surface area contributed by atoms with Crippen LogP contribution in [0.2, 0.25) is 0 Å². The fourth-order valence-corrected chi connectivity index (χ4v) is 3.86. The first-order chi connectivity index (χ1) is 14.3. The van der Waals surface area contributed by atoms with Crippen LogP contribution in [0.5, 0.6) is 5.75 Å². The molecule has 0 unspecified atom stereocenters. The molecule has 1 aliphatic rings. The van der Waals surface area contributed by atoms with E-state index in [1.54, 1.807) is 0 Å². The highest BCUT2D eigenvalue weighted by Gasteiger charge is 2.19. The second-order valence-corrected chi connectivity index (χ2v) is 8.18. The van der Waals surface area contributed by atoms with E-state index in [2.05, 4.69) is 37.5 Å². The van der Waals surface area contributed by atoms with E-state index in [0.717, 1.165) is 30.3 Å². The molecule has 1 saturated carbocycles. The molecule has 0 radical (unpaired) electrons. The molecule has 1 heteroatoms. The summed E-state index contributed by atoms with van der Waals surface area (Å²) < 4.78 is 5.58. The summed E-state index contributed by atoms with van der Waals surface area (Å²) in [4.78, 5) is 0. The molecule has 0 atom stereocenters. The van der Waals surface area contributed by atoms with Gasteiger partial charge in [0.25, 0.3) is 0 Å². The molecular formula is C28H38O. The third-order valence-corrected chi connectivity index (χ3v) is 5.64. The summed E-state index contributed by atoms with van der Waals surface area (Å²) >= 11 is 0. The van der Waals surface area contributed by atoms with Crippen LogP contribution in [0.15, 0.2) is 36.4 Å². The van der Waals surface area contributed by atoms with Crippen LogP contribution in [0.25, 0.3) is 0 Å². The third kappa shape index (κ3) is 10.3. The molecule has 0 spiro atoms. The molecule has 0 bridgehead atoms. The average Bonchev–Trinajstić information content (AvgIpc) is 2.76. The number of benzene rings is 1. The van der Waals surface area contributed by atoms with Crippen molar-refractivity contribution in [3.8, 4) is 29.4 Å². The monoisotopic (exact) mass is 390 g/mol. The number of rotatable bonds is 9. The Kier molecular flexibility index (Phi) is 11.8. The summed E-state index contributed by atoms with van der Waals surface area (Å²) in [6.07, 6.45) is 18.5. The van der Waals surface area contributed by atoms with Gasteiger partial charge in [0.05, 0.1) is 6.61 Å². The van der Waals surface area contributed by atoms with E-state index in [0.29, 0.717) is 5.92 Å². The van der Waals surface area contributed by atoms with Gasteiger partial charge in [0.2, 0.25) is 0 Å². The van der Waals surface area contributed by atoms with Gasteiger partial charge < -0.3 is 4.74 Å². The minimum atomic E-state index is 0.583. The van der Waals surface area contributed by atoms with E-state index < -0.39 is 0 Å². The lowest BCUT2D eigenvalue weighted by molar-refractivity contribution is 0.294. The number of unbranched alkanes of at least 4 members (excludes halogenated alkanes) is 4. The number of hydrogen-bond acceptors (Lipinski definition) is 1. The van der Waals surface area contributed by atoms with Gasteiger partial charge in [0, 0.05) is 11.5 Å². The van der Waals surface area contributed by atoms with Gasteiger partial charge in [0.1, 0.15) is 5.75 Å². The Morgan fingerprint density at radius 2 is 1.59 bits per heavy atom. The first-order valence-corrected chi connectivity index (χ1v) is 11.7. The minimum absolute atomic E-state index is 0.583. The molecule has 1 fully saturated rings. The fourth-order valence-electron chi connectivity index (χ4n) is 3.86. The van der Waals surface area contributed by atoms with Crippen LogP contribution in [-0.4, -0.2) is 6.61 Å². The summed E-state index contributed by atoms with van der Waals surface area (Å²) in [5.41, 5.74) is 1.000. The Hall–Kier alpha value is -2.12. The van der Waals surface area contributed by atoms with Gasteiger partial charge in [-0.15, -0.1) is 0 Å². The maximum atomic E-state index is 5.58. The Bertz CT molecular complexity index is 697. The van der Waals surface area contributed by atoms with E-state index in [9.17, 15) is 0 Å². The van der Waals surface area contributed by atoms with Crippen LogP contribution in [-0.2, 0) is 0 Å². The zero-order valence-electron chi connectivity index (χ0n) is 18.5. The lowest BCUT2D eigenvalue weighted by atomic mass is 9.80. The highest BCUT2D eigenvalue weighted by Crippen LogP contribution is 2.31. The predicted octanol–water partition coefficient (Wildman–Crippen LogP) is 7.55. The van der Waals surface area contributed by atoms with Crippen molar-refractivity contribution >= 4 is 0 Å². The molecule has 0 N–H and O–H groups in total. The predicted molar refractivity (Wildman–Crippen MR) is 125 cm³/mol. The lowest BCUT2D eigenvalue weighted by Gasteiger charge is -2.25. The van der Waals surface area contributed by atoms with Crippen LogP contribution < -0.4 is 4.74 Å². The van der Waals surface area contributed by atoms with Crippen molar-refractivity contribution in [3.05, 3.63) is 42.0 Å². The molecule has 0 saturated heterocycles. The van der Waals surface area contributed by atoms with E-state index in [1.165, 1.54) is 64.2 Å². The van der Waals surface area contributed by atoms with Gasteiger partial charge in [-0.3, -0.25) is 0 Å². The Morgan fingerprint density at radius 3 is 2.31 bits per heavy atom. The van der Waals surface area contributed by atoms with Gasteiger partial charge in [-0.25, -0.2) is 0 Å². The molecule has 1 aromatic carbocycles. The molecule has 0 amide bonds. The first kappa shape index (κ1) is 23.2. The quantitative estimate of drug-likeness (QED) is 0.312. The van der Waals surface area contributed by atoms with Crippen molar-refractivity contribution in [1.29, 1.82) is 0 Å². The Morgan fingerprint density at radius 1 is 0.862 bits per heavy atom. The second-order valence-electron chi connectivity index (χ2n) is 8.18. The molecule has 0 aromatic heterocycles. The normalized spacial score (nSPS) is 18.6. The van der Waals surface area contributed by atoms with Gasteiger partial charge in [-0.05, 0) is 74.4 Å². The zero-order chi connectivity index (χ0) is 20.6. The standard InChI is InChI=1S/C28H38O/c1-3-5-6-7-10-13-25-16-18-26(19-17-25)14-11-8-9-12-15-27-20-22-28(23-21-27)29-24-4-2/h8-9,20-23,25-26H,3-7,10,13,16-19,24H2,1-2H3. The maximum absolute atomic E-state index is 5.58. The van der Waals surface area contributed by atoms with Crippen molar-refractivity contribution in [3.63, 3.8) is 0 Å². The summed E-state index contributed by atoms with van der Waals surface area (Å²) in [5, 5.41) is 0. The third-order valence-electron chi connectivity index (χ3n) is 5.64. The van der Waals surface area contributed by atoms with Gasteiger partial charge in [0.15, 0.2) is 0 Å². The molecule has 29 heavy (non-hydrogen) atoms. The number of hydrogen-bond donors (Lipinski definition) is 0. The molecule has 2 rings (SSSR count). The maximum Gasteiger partial charge on any atom is 0.119 e. The second kappa shape index (κ2) is 14.8. The number of ether oxygens (including phenoxy) is 1. The summed E-state index contributed by atoms with van der Waals surface area (Å²) in [6.45, 7) is 5.15. The SMILES string of the molecule is CCCCCCCC1CCC(C#CC=CC#Cc2ccc(OCCC)cc2)CC1. The van der Waals surface area contributed by atoms with Gasteiger partial charge >= 0.3 is 0 Å². The van der Waals surface area contributed by atoms with Gasteiger partial charge in [-0.2, -0.15) is 0 Å². The number of allylic oxidation sites excluding steroid dienone is 2. The van der Waals surface area contributed by atoms with E-state index in [1.807, 2.05) is 36.4 Å². The molecule has 1 aliphatic carbocycles. The van der Waals surface area contributed by atoms with Crippen molar-refractivity contribution in [2.45, 2.75) is 84.5 Å². The van der Waals surface area contributed by atoms with Crippen LogP contribution in [0.3, 0.4) is 0 Å². The average molecular weight is 391 g/mol. The summed E-state index contributed by atoms with van der Waals surface area (Å²) in [7, 11) is 0. The topological polar surface area (TPSA) is 9.23 Å². The van der Waals surface area contributed by atoms with Crippen molar-refractivity contribution in [1.82, 2.24) is 0 Å². The van der Waals surface area contributed by atoms with Crippen molar-refractivity contribution in [2.75, 3.05) is 6.61 Å².